The van der Waals surface area contributed by atoms with E-state index in [0.29, 0.717) is 5.41 Å². The summed E-state index contributed by atoms with van der Waals surface area (Å²) in [5, 5.41) is 3.03. The molecule has 104 valence electrons. The zero-order valence-electron chi connectivity index (χ0n) is 9.81. The average molecular weight is 293 g/mol. The lowest BCUT2D eigenvalue weighted by Gasteiger charge is -2.09. The minimum atomic E-state index is -4.84. The van der Waals surface area contributed by atoms with Gasteiger partial charge in [-0.15, -0.1) is 0 Å². The Bertz CT molecular complexity index is 589. The Morgan fingerprint density at radius 1 is 1.32 bits per heavy atom. The molecule has 0 aliphatic carbocycles. The molecule has 1 rings (SSSR count). The molecule has 8 heteroatoms. The Hall–Kier alpha value is -1.83. The molecule has 0 radical (unpaired) electrons. The SMILES string of the molecule is C=CS(=O)(=O)O/N=C(/c1ccc(C)cc1)C(F)(F)F. The molecule has 19 heavy (non-hydrogen) atoms. The van der Waals surface area contributed by atoms with Gasteiger partial charge in [-0.25, -0.2) is 0 Å². The van der Waals surface area contributed by atoms with Gasteiger partial charge in [-0.3, -0.25) is 4.28 Å². The predicted molar refractivity (Wildman–Crippen MR) is 64.0 cm³/mol. The molecule has 0 atom stereocenters. The highest BCUT2D eigenvalue weighted by Gasteiger charge is 2.38. The van der Waals surface area contributed by atoms with E-state index in [1.165, 1.54) is 24.3 Å². The summed E-state index contributed by atoms with van der Waals surface area (Å²) in [6.07, 6.45) is -4.84. The number of benzene rings is 1. The lowest BCUT2D eigenvalue weighted by atomic mass is 10.1. The zero-order valence-corrected chi connectivity index (χ0v) is 10.6. The van der Waals surface area contributed by atoms with Gasteiger partial charge in [0.05, 0.1) is 5.41 Å². The summed E-state index contributed by atoms with van der Waals surface area (Å²) >= 11 is 0. The monoisotopic (exact) mass is 293 g/mol. The van der Waals surface area contributed by atoms with Crippen molar-refractivity contribution >= 4 is 15.8 Å². The highest BCUT2D eigenvalue weighted by Crippen LogP contribution is 2.23. The van der Waals surface area contributed by atoms with Crippen LogP contribution in [-0.4, -0.2) is 20.3 Å². The van der Waals surface area contributed by atoms with Crippen LogP contribution in [0.15, 0.2) is 41.4 Å². The number of rotatable bonds is 4. The van der Waals surface area contributed by atoms with E-state index in [4.69, 9.17) is 0 Å². The van der Waals surface area contributed by atoms with E-state index in [0.717, 1.165) is 5.56 Å². The van der Waals surface area contributed by atoms with Crippen LogP contribution in [-0.2, 0) is 14.4 Å². The number of nitrogens with zero attached hydrogens (tertiary/aromatic N) is 1. The molecular formula is C11H10F3NO3S. The fourth-order valence-electron chi connectivity index (χ4n) is 1.10. The van der Waals surface area contributed by atoms with E-state index in [1.807, 2.05) is 0 Å². The molecule has 0 spiro atoms. The second-order valence-corrected chi connectivity index (χ2v) is 5.01. The molecule has 0 amide bonds. The van der Waals surface area contributed by atoms with Gasteiger partial charge in [0.15, 0.2) is 5.71 Å². The molecule has 0 heterocycles. The molecule has 0 aromatic heterocycles. The number of aryl methyl sites for hydroxylation is 1. The van der Waals surface area contributed by atoms with E-state index in [-0.39, 0.29) is 5.56 Å². The highest BCUT2D eigenvalue weighted by atomic mass is 32.2. The Morgan fingerprint density at radius 3 is 2.26 bits per heavy atom. The first-order chi connectivity index (χ1) is 8.65. The molecule has 1 aromatic carbocycles. The van der Waals surface area contributed by atoms with Gasteiger partial charge < -0.3 is 0 Å². The summed E-state index contributed by atoms with van der Waals surface area (Å²) < 4.78 is 63.9. The predicted octanol–water partition coefficient (Wildman–Crippen LogP) is 2.75. The fraction of sp³-hybridized carbons (Fsp3) is 0.182. The van der Waals surface area contributed by atoms with E-state index >= 15 is 0 Å². The van der Waals surface area contributed by atoms with Crippen LogP contribution in [0.3, 0.4) is 0 Å². The molecule has 0 fully saturated rings. The molecular weight excluding hydrogens is 283 g/mol. The summed E-state index contributed by atoms with van der Waals surface area (Å²) in [4.78, 5) is 0. The number of halogens is 3. The molecule has 0 unspecified atom stereocenters. The molecule has 0 saturated heterocycles. The van der Waals surface area contributed by atoms with E-state index in [2.05, 4.69) is 16.0 Å². The van der Waals surface area contributed by atoms with Crippen molar-refractivity contribution in [2.24, 2.45) is 5.16 Å². The van der Waals surface area contributed by atoms with Crippen LogP contribution < -0.4 is 0 Å². The first kappa shape index (κ1) is 15.2. The van der Waals surface area contributed by atoms with Gasteiger partial charge in [0.25, 0.3) is 0 Å². The highest BCUT2D eigenvalue weighted by molar-refractivity contribution is 7.89. The van der Waals surface area contributed by atoms with Crippen LogP contribution in [0, 0.1) is 6.92 Å². The first-order valence-electron chi connectivity index (χ1n) is 4.94. The van der Waals surface area contributed by atoms with Gasteiger partial charge in [-0.1, -0.05) is 41.6 Å². The Balaban J connectivity index is 3.20. The molecule has 0 saturated carbocycles. The number of alkyl halides is 3. The van der Waals surface area contributed by atoms with Crippen LogP contribution >= 0.6 is 0 Å². The summed E-state index contributed by atoms with van der Waals surface area (Å²) in [7, 11) is -4.31. The standard InChI is InChI=1S/C11H10F3NO3S/c1-3-19(16,17)18-15-10(11(12,13)14)9-6-4-8(2)5-7-9/h3-7H,1H2,2H3/b15-10-. The minimum absolute atomic E-state index is 0.294. The molecule has 4 nitrogen and oxygen atoms in total. The van der Waals surface area contributed by atoms with Crippen LogP contribution in [0.4, 0.5) is 13.2 Å². The van der Waals surface area contributed by atoms with Crippen molar-refractivity contribution in [1.82, 2.24) is 0 Å². The Labute approximate surface area is 108 Å². The summed E-state index contributed by atoms with van der Waals surface area (Å²) in [5.74, 6) is 0. The smallest absolute Gasteiger partial charge is 0.265 e. The van der Waals surface area contributed by atoms with Gasteiger partial charge in [0, 0.05) is 5.56 Å². The third kappa shape index (κ3) is 4.40. The lowest BCUT2D eigenvalue weighted by Crippen LogP contribution is -2.24. The second kappa shape index (κ2) is 5.43. The molecule has 0 aliphatic rings. The largest absolute Gasteiger partial charge is 0.437 e. The topological polar surface area (TPSA) is 55.7 Å². The first-order valence-corrected chi connectivity index (χ1v) is 6.41. The van der Waals surface area contributed by atoms with Crippen molar-refractivity contribution in [3.05, 3.63) is 47.4 Å². The zero-order chi connectivity index (χ0) is 14.7. The maximum Gasteiger partial charge on any atom is 0.437 e. The summed E-state index contributed by atoms with van der Waals surface area (Å²) in [6, 6.07) is 5.23. The third-order valence-corrected chi connectivity index (χ3v) is 2.72. The van der Waals surface area contributed by atoms with Gasteiger partial charge in [0.1, 0.15) is 0 Å². The maximum atomic E-state index is 12.8. The van der Waals surface area contributed by atoms with Crippen LogP contribution in [0.25, 0.3) is 0 Å². The van der Waals surface area contributed by atoms with Gasteiger partial charge >= 0.3 is 16.3 Å². The Morgan fingerprint density at radius 2 is 1.84 bits per heavy atom. The lowest BCUT2D eigenvalue weighted by molar-refractivity contribution is -0.0596. The maximum absolute atomic E-state index is 12.8. The quantitative estimate of drug-likeness (QED) is 0.633. The second-order valence-electron chi connectivity index (χ2n) is 3.54. The van der Waals surface area contributed by atoms with E-state index in [1.54, 1.807) is 6.92 Å². The van der Waals surface area contributed by atoms with Crippen molar-refractivity contribution in [2.45, 2.75) is 13.1 Å². The van der Waals surface area contributed by atoms with Crippen molar-refractivity contribution in [3.8, 4) is 0 Å². The van der Waals surface area contributed by atoms with Crippen LogP contribution in [0.5, 0.6) is 0 Å². The number of oxime groups is 1. The van der Waals surface area contributed by atoms with E-state index < -0.39 is 22.0 Å². The molecule has 0 bridgehead atoms. The van der Waals surface area contributed by atoms with Gasteiger partial charge in [0.2, 0.25) is 0 Å². The molecule has 1 aromatic rings. The molecule has 0 N–H and O–H groups in total. The summed E-state index contributed by atoms with van der Waals surface area (Å²) in [5.41, 5.74) is -0.972. The van der Waals surface area contributed by atoms with Crippen LogP contribution in [0.1, 0.15) is 11.1 Å². The average Bonchev–Trinajstić information content (AvgIpc) is 2.30. The van der Waals surface area contributed by atoms with Gasteiger partial charge in [-0.2, -0.15) is 21.6 Å². The van der Waals surface area contributed by atoms with Crippen molar-refractivity contribution in [1.29, 1.82) is 0 Å². The Kier molecular flexibility index (Phi) is 4.35. The van der Waals surface area contributed by atoms with Gasteiger partial charge in [-0.05, 0) is 6.92 Å². The van der Waals surface area contributed by atoms with Crippen molar-refractivity contribution in [3.63, 3.8) is 0 Å². The fourth-order valence-corrected chi connectivity index (χ4v) is 1.34. The van der Waals surface area contributed by atoms with Crippen molar-refractivity contribution in [2.75, 3.05) is 0 Å². The normalized spacial score (nSPS) is 13.2. The minimum Gasteiger partial charge on any atom is -0.265 e. The molecule has 0 aliphatic heterocycles. The number of hydrogen-bond acceptors (Lipinski definition) is 4. The third-order valence-electron chi connectivity index (χ3n) is 2.03. The van der Waals surface area contributed by atoms with E-state index in [9.17, 15) is 21.6 Å². The van der Waals surface area contributed by atoms with Crippen molar-refractivity contribution < 1.29 is 25.9 Å². The number of hydrogen-bond donors (Lipinski definition) is 0. The van der Waals surface area contributed by atoms with Crippen LogP contribution in [0.2, 0.25) is 0 Å². The summed E-state index contributed by atoms with van der Waals surface area (Å²) in [6.45, 7) is 4.59.